The Bertz CT molecular complexity index is 601. The van der Waals surface area contributed by atoms with E-state index in [1.54, 1.807) is 0 Å². The normalized spacial score (nSPS) is 11.8. The molecule has 4 nitrogen and oxygen atoms in total. The van der Waals surface area contributed by atoms with Crippen molar-refractivity contribution in [2.24, 2.45) is 0 Å². The molecule has 2 rings (SSSR count). The molecule has 104 valence electrons. The summed E-state index contributed by atoms with van der Waals surface area (Å²) in [6, 6.07) is 13.6. The van der Waals surface area contributed by atoms with Crippen LogP contribution < -0.4 is 5.32 Å². The van der Waals surface area contributed by atoms with Crippen LogP contribution >= 0.6 is 15.9 Å². The maximum Gasteiger partial charge on any atom is 0.255 e. The molecular weight excluding hydrogens is 322 g/mol. The Balaban J connectivity index is 2.20. The van der Waals surface area contributed by atoms with Gasteiger partial charge in [0.25, 0.3) is 5.91 Å². The van der Waals surface area contributed by atoms with Gasteiger partial charge in [-0.15, -0.1) is 0 Å². The van der Waals surface area contributed by atoms with Gasteiger partial charge in [0.1, 0.15) is 0 Å². The molecule has 0 saturated heterocycles. The van der Waals surface area contributed by atoms with Crippen molar-refractivity contribution < 1.29 is 15.0 Å². The summed E-state index contributed by atoms with van der Waals surface area (Å²) in [7, 11) is 0. The zero-order valence-electron chi connectivity index (χ0n) is 10.6. The quantitative estimate of drug-likeness (QED) is 0.594. The molecule has 1 atom stereocenters. The van der Waals surface area contributed by atoms with E-state index in [4.69, 9.17) is 0 Å². The number of aromatic hydroxyl groups is 2. The number of carbonyl (C=O) groups excluding carboxylic acids is 1. The highest BCUT2D eigenvalue weighted by Crippen LogP contribution is 2.28. The molecule has 5 heteroatoms. The lowest BCUT2D eigenvalue weighted by Crippen LogP contribution is -2.29. The van der Waals surface area contributed by atoms with E-state index in [9.17, 15) is 15.0 Å². The smallest absolute Gasteiger partial charge is 0.255 e. The average Bonchev–Trinajstić information content (AvgIpc) is 2.48. The zero-order chi connectivity index (χ0) is 14.5. The van der Waals surface area contributed by atoms with Crippen LogP contribution in [-0.2, 0) is 0 Å². The highest BCUT2D eigenvalue weighted by atomic mass is 79.9. The van der Waals surface area contributed by atoms with Gasteiger partial charge in [-0.2, -0.15) is 0 Å². The number of alkyl halides is 1. The average molecular weight is 336 g/mol. The number of hydrogen-bond donors (Lipinski definition) is 3. The van der Waals surface area contributed by atoms with Gasteiger partial charge in [0, 0.05) is 5.33 Å². The van der Waals surface area contributed by atoms with Gasteiger partial charge in [-0.05, 0) is 17.7 Å². The van der Waals surface area contributed by atoms with Crippen LogP contribution in [0.3, 0.4) is 0 Å². The Hall–Kier alpha value is -2.01. The van der Waals surface area contributed by atoms with E-state index >= 15 is 0 Å². The fraction of sp³-hybridized carbons (Fsp3) is 0.133. The number of benzene rings is 2. The van der Waals surface area contributed by atoms with Crippen LogP contribution in [0.4, 0.5) is 0 Å². The van der Waals surface area contributed by atoms with Crippen LogP contribution in [0, 0.1) is 0 Å². The first kappa shape index (κ1) is 14.4. The Morgan fingerprint density at radius 1 is 1.10 bits per heavy atom. The molecule has 0 aliphatic rings. The highest BCUT2D eigenvalue weighted by Gasteiger charge is 2.18. The molecule has 3 N–H and O–H groups in total. The number of hydrogen-bond acceptors (Lipinski definition) is 3. The molecule has 1 unspecified atom stereocenters. The van der Waals surface area contributed by atoms with E-state index in [0.29, 0.717) is 5.33 Å². The molecule has 0 radical (unpaired) electrons. The topological polar surface area (TPSA) is 69.6 Å². The van der Waals surface area contributed by atoms with Crippen molar-refractivity contribution in [1.29, 1.82) is 0 Å². The molecule has 2 aromatic carbocycles. The van der Waals surface area contributed by atoms with E-state index in [1.807, 2.05) is 30.3 Å². The lowest BCUT2D eigenvalue weighted by atomic mass is 10.1. The third kappa shape index (κ3) is 3.11. The second-order valence-electron chi connectivity index (χ2n) is 4.26. The molecule has 2 aromatic rings. The number of nitrogens with one attached hydrogen (secondary N) is 1. The maximum atomic E-state index is 12.2. The zero-order valence-corrected chi connectivity index (χ0v) is 12.2. The Morgan fingerprint density at radius 2 is 1.80 bits per heavy atom. The first-order chi connectivity index (χ1) is 9.63. The minimum atomic E-state index is -0.438. The number of phenols is 2. The van der Waals surface area contributed by atoms with Gasteiger partial charge in [-0.1, -0.05) is 52.3 Å². The molecule has 0 aliphatic carbocycles. The van der Waals surface area contributed by atoms with Crippen molar-refractivity contribution in [3.05, 3.63) is 59.7 Å². The van der Waals surface area contributed by atoms with Gasteiger partial charge in [0.15, 0.2) is 11.5 Å². The van der Waals surface area contributed by atoms with Crippen molar-refractivity contribution in [3.8, 4) is 11.5 Å². The van der Waals surface area contributed by atoms with Crippen molar-refractivity contribution in [1.82, 2.24) is 5.32 Å². The van der Waals surface area contributed by atoms with Crippen molar-refractivity contribution in [2.45, 2.75) is 6.04 Å². The molecule has 0 aliphatic heterocycles. The number of phenolic OH excluding ortho intramolecular Hbond substituents is 2. The standard InChI is InChI=1S/C15H14BrNO3/c16-9-12(10-5-2-1-3-6-10)17-15(20)11-7-4-8-13(18)14(11)19/h1-8,12,18-19H,9H2,(H,17,20). The minimum Gasteiger partial charge on any atom is -0.504 e. The number of rotatable bonds is 4. The number of halogens is 1. The van der Waals surface area contributed by atoms with Gasteiger partial charge in [0.05, 0.1) is 11.6 Å². The molecule has 0 heterocycles. The van der Waals surface area contributed by atoms with Gasteiger partial charge in [0.2, 0.25) is 0 Å². The SMILES string of the molecule is O=C(NC(CBr)c1ccccc1)c1cccc(O)c1O. The monoisotopic (exact) mass is 335 g/mol. The summed E-state index contributed by atoms with van der Waals surface area (Å²) < 4.78 is 0. The molecular formula is C15H14BrNO3. The van der Waals surface area contributed by atoms with E-state index in [2.05, 4.69) is 21.2 Å². The minimum absolute atomic E-state index is 0.0480. The second kappa shape index (κ2) is 6.43. The fourth-order valence-electron chi connectivity index (χ4n) is 1.85. The van der Waals surface area contributed by atoms with Gasteiger partial charge in [-0.25, -0.2) is 0 Å². The largest absolute Gasteiger partial charge is 0.504 e. The first-order valence-electron chi connectivity index (χ1n) is 6.06. The van der Waals surface area contributed by atoms with Crippen molar-refractivity contribution >= 4 is 21.8 Å². The predicted molar refractivity (Wildman–Crippen MR) is 80.2 cm³/mol. The lowest BCUT2D eigenvalue weighted by Gasteiger charge is -2.17. The van der Waals surface area contributed by atoms with Gasteiger partial charge < -0.3 is 15.5 Å². The summed E-state index contributed by atoms with van der Waals surface area (Å²) in [4.78, 5) is 12.2. The second-order valence-corrected chi connectivity index (χ2v) is 4.91. The molecule has 20 heavy (non-hydrogen) atoms. The maximum absolute atomic E-state index is 12.2. The van der Waals surface area contributed by atoms with E-state index in [-0.39, 0.29) is 17.4 Å². The molecule has 0 saturated carbocycles. The summed E-state index contributed by atoms with van der Waals surface area (Å²) >= 11 is 3.36. The number of amides is 1. The Kier molecular flexibility index (Phi) is 4.63. The summed E-state index contributed by atoms with van der Waals surface area (Å²) in [6.45, 7) is 0. The number of para-hydroxylation sites is 1. The number of carbonyl (C=O) groups is 1. The van der Waals surface area contributed by atoms with E-state index in [1.165, 1.54) is 18.2 Å². The molecule has 1 amide bonds. The van der Waals surface area contributed by atoms with Crippen LogP contribution in [0.1, 0.15) is 22.0 Å². The summed E-state index contributed by atoms with van der Waals surface area (Å²) in [5.74, 6) is -1.16. The molecule has 0 aromatic heterocycles. The Morgan fingerprint density at radius 3 is 2.45 bits per heavy atom. The molecule has 0 bridgehead atoms. The summed E-state index contributed by atoms with van der Waals surface area (Å²) in [5, 5.41) is 22.5. The fourth-order valence-corrected chi connectivity index (χ4v) is 2.38. The lowest BCUT2D eigenvalue weighted by molar-refractivity contribution is 0.0937. The van der Waals surface area contributed by atoms with Crippen LogP contribution in [0.2, 0.25) is 0 Å². The van der Waals surface area contributed by atoms with Crippen LogP contribution in [-0.4, -0.2) is 21.5 Å². The predicted octanol–water partition coefficient (Wildman–Crippen LogP) is 2.96. The van der Waals surface area contributed by atoms with Gasteiger partial charge in [-0.3, -0.25) is 4.79 Å². The highest BCUT2D eigenvalue weighted by molar-refractivity contribution is 9.09. The van der Waals surface area contributed by atoms with Crippen molar-refractivity contribution in [2.75, 3.05) is 5.33 Å². The van der Waals surface area contributed by atoms with Crippen LogP contribution in [0.15, 0.2) is 48.5 Å². The van der Waals surface area contributed by atoms with Gasteiger partial charge >= 0.3 is 0 Å². The van der Waals surface area contributed by atoms with E-state index < -0.39 is 11.7 Å². The Labute approximate surface area is 125 Å². The van der Waals surface area contributed by atoms with Crippen LogP contribution in [0.5, 0.6) is 11.5 Å². The third-order valence-electron chi connectivity index (χ3n) is 2.92. The third-order valence-corrected chi connectivity index (χ3v) is 3.57. The molecule has 0 fully saturated rings. The molecule has 0 spiro atoms. The van der Waals surface area contributed by atoms with E-state index in [0.717, 1.165) is 5.56 Å². The van der Waals surface area contributed by atoms with Crippen LogP contribution in [0.25, 0.3) is 0 Å². The summed E-state index contributed by atoms with van der Waals surface area (Å²) in [5.41, 5.74) is 1.00. The summed E-state index contributed by atoms with van der Waals surface area (Å²) in [6.07, 6.45) is 0. The van der Waals surface area contributed by atoms with Crippen molar-refractivity contribution in [3.63, 3.8) is 0 Å². The first-order valence-corrected chi connectivity index (χ1v) is 7.18.